The van der Waals surface area contributed by atoms with Gasteiger partial charge in [-0.05, 0) is 36.1 Å². The van der Waals surface area contributed by atoms with Crippen LogP contribution in [-0.4, -0.2) is 20.7 Å². The van der Waals surface area contributed by atoms with Crippen molar-refractivity contribution in [2.45, 2.75) is 26.0 Å². The van der Waals surface area contributed by atoms with Gasteiger partial charge in [0.2, 0.25) is 0 Å². The number of thiophene rings is 1. The molecule has 1 aliphatic rings. The molecule has 0 radical (unpaired) electrons. The van der Waals surface area contributed by atoms with Crippen molar-refractivity contribution in [2.75, 3.05) is 0 Å². The normalized spacial score (nSPS) is 13.0. The Bertz CT molecular complexity index is 1240. The van der Waals surface area contributed by atoms with Crippen molar-refractivity contribution in [1.29, 1.82) is 0 Å². The minimum atomic E-state index is -0.495. The van der Waals surface area contributed by atoms with E-state index < -0.39 is 5.97 Å². The number of carbonyl (C=O) groups is 1. The van der Waals surface area contributed by atoms with Crippen LogP contribution >= 0.6 is 11.3 Å². The highest BCUT2D eigenvalue weighted by molar-refractivity contribution is 7.13. The summed E-state index contributed by atoms with van der Waals surface area (Å²) in [5.41, 5.74) is 1.35. The van der Waals surface area contributed by atoms with E-state index >= 15 is 0 Å². The number of aromatic nitrogens is 3. The monoisotopic (exact) mass is 393 g/mol. The third kappa shape index (κ3) is 2.91. The number of fused-ring (bicyclic) bond motifs is 2. The van der Waals surface area contributed by atoms with Gasteiger partial charge in [-0.15, -0.1) is 11.3 Å². The van der Waals surface area contributed by atoms with Gasteiger partial charge in [0.1, 0.15) is 18.1 Å². The van der Waals surface area contributed by atoms with Gasteiger partial charge < -0.3 is 9.26 Å². The van der Waals surface area contributed by atoms with Gasteiger partial charge in [-0.25, -0.2) is 9.78 Å². The number of hydrogen-bond donors (Lipinski definition) is 0. The first-order valence-electron chi connectivity index (χ1n) is 8.89. The van der Waals surface area contributed by atoms with E-state index in [1.165, 1.54) is 0 Å². The number of rotatable bonds is 4. The zero-order chi connectivity index (χ0) is 19.1. The fourth-order valence-corrected chi connectivity index (χ4v) is 4.02. The Balaban J connectivity index is 1.35. The number of ether oxygens (including phenoxy) is 1. The van der Waals surface area contributed by atoms with Gasteiger partial charge in [-0.3, -0.25) is 9.36 Å². The third-order valence-corrected chi connectivity index (χ3v) is 5.61. The molecule has 0 saturated carbocycles. The Labute approximate surface area is 163 Å². The summed E-state index contributed by atoms with van der Waals surface area (Å²) in [7, 11) is 0. The average Bonchev–Trinajstić information content (AvgIpc) is 3.46. The number of aryl methyl sites for hydroxylation is 1. The molecule has 4 aromatic rings. The van der Waals surface area contributed by atoms with Crippen molar-refractivity contribution in [3.05, 3.63) is 69.2 Å². The quantitative estimate of drug-likeness (QED) is 0.494. The molecule has 0 aliphatic carbocycles. The highest BCUT2D eigenvalue weighted by Crippen LogP contribution is 2.25. The molecule has 0 fully saturated rings. The fraction of sp³-hybridized carbons (Fsp3) is 0.200. The molecule has 5 rings (SSSR count). The first-order valence-corrected chi connectivity index (χ1v) is 9.77. The topological polar surface area (TPSA) is 87.2 Å². The van der Waals surface area contributed by atoms with Gasteiger partial charge in [0.25, 0.3) is 5.56 Å². The molecular formula is C20H15N3O4S. The molecule has 0 saturated heterocycles. The molecule has 1 aromatic carbocycles. The third-order valence-electron chi connectivity index (χ3n) is 4.73. The zero-order valence-electron chi connectivity index (χ0n) is 14.8. The first kappa shape index (κ1) is 16.9. The number of carbonyl (C=O) groups excluding carboxylic acids is 1. The summed E-state index contributed by atoms with van der Waals surface area (Å²) in [5, 5.41) is 6.40. The van der Waals surface area contributed by atoms with Gasteiger partial charge in [-0.1, -0.05) is 11.2 Å². The van der Waals surface area contributed by atoms with E-state index in [1.54, 1.807) is 40.2 Å². The first-order chi connectivity index (χ1) is 13.7. The molecule has 28 heavy (non-hydrogen) atoms. The van der Waals surface area contributed by atoms with Crippen molar-refractivity contribution in [3.63, 3.8) is 0 Å². The van der Waals surface area contributed by atoms with Crippen LogP contribution in [0.2, 0.25) is 0 Å². The van der Waals surface area contributed by atoms with Gasteiger partial charge in [0.15, 0.2) is 5.76 Å². The maximum atomic E-state index is 12.5. The van der Waals surface area contributed by atoms with Crippen LogP contribution in [0.15, 0.2) is 51.1 Å². The summed E-state index contributed by atoms with van der Waals surface area (Å²) in [4.78, 5) is 30.4. The average molecular weight is 393 g/mol. The Kier molecular flexibility index (Phi) is 4.05. The van der Waals surface area contributed by atoms with Crippen molar-refractivity contribution in [3.8, 4) is 10.6 Å². The van der Waals surface area contributed by atoms with E-state index in [4.69, 9.17) is 9.26 Å². The van der Waals surface area contributed by atoms with E-state index in [-0.39, 0.29) is 12.2 Å². The maximum Gasteiger partial charge on any atom is 0.338 e. The molecule has 0 bridgehead atoms. The SMILES string of the molecule is O=C(OCc1cc(-c2cccs2)on1)c1ccc2c(=O)n3c(nc2c1)CCC3. The van der Waals surface area contributed by atoms with E-state index in [0.717, 1.165) is 23.5 Å². The van der Waals surface area contributed by atoms with Gasteiger partial charge in [-0.2, -0.15) is 0 Å². The van der Waals surface area contributed by atoms with Crippen LogP contribution in [0, 0.1) is 0 Å². The molecule has 7 nitrogen and oxygen atoms in total. The lowest BCUT2D eigenvalue weighted by Crippen LogP contribution is -2.21. The molecule has 8 heteroatoms. The molecular weight excluding hydrogens is 378 g/mol. The van der Waals surface area contributed by atoms with Gasteiger partial charge >= 0.3 is 5.97 Å². The predicted molar refractivity (Wildman–Crippen MR) is 103 cm³/mol. The van der Waals surface area contributed by atoms with Crippen LogP contribution in [-0.2, 0) is 24.3 Å². The molecule has 0 amide bonds. The number of nitrogens with zero attached hydrogens (tertiary/aromatic N) is 3. The molecule has 0 unspecified atom stereocenters. The van der Waals surface area contributed by atoms with Gasteiger partial charge in [0, 0.05) is 19.0 Å². The van der Waals surface area contributed by atoms with Crippen molar-refractivity contribution < 1.29 is 14.1 Å². The van der Waals surface area contributed by atoms with Crippen molar-refractivity contribution in [1.82, 2.24) is 14.7 Å². The lowest BCUT2D eigenvalue weighted by molar-refractivity contribution is 0.0464. The summed E-state index contributed by atoms with van der Waals surface area (Å²) in [6.45, 7) is 0.706. The lowest BCUT2D eigenvalue weighted by atomic mass is 10.1. The zero-order valence-corrected chi connectivity index (χ0v) is 15.6. The van der Waals surface area contributed by atoms with E-state index in [1.807, 2.05) is 17.5 Å². The molecule has 0 N–H and O–H groups in total. The second-order valence-electron chi connectivity index (χ2n) is 6.56. The van der Waals surface area contributed by atoms with Crippen LogP contribution in [0.3, 0.4) is 0 Å². The summed E-state index contributed by atoms with van der Waals surface area (Å²) in [5.74, 6) is 0.918. The Morgan fingerprint density at radius 3 is 3.07 bits per heavy atom. The summed E-state index contributed by atoms with van der Waals surface area (Å²) in [6.07, 6.45) is 1.69. The standard InChI is InChI=1S/C20H15N3O4S/c24-19-14-6-5-12(9-15(14)21-18-4-1-7-23(18)19)20(25)26-11-13-10-16(27-22-13)17-3-2-8-28-17/h2-3,5-6,8-10H,1,4,7,11H2. The summed E-state index contributed by atoms with van der Waals surface area (Å²) in [6, 6.07) is 10.5. The smallest absolute Gasteiger partial charge is 0.338 e. The van der Waals surface area contributed by atoms with Crippen LogP contribution in [0.1, 0.15) is 28.3 Å². The molecule has 1 aliphatic heterocycles. The molecule has 3 aromatic heterocycles. The fourth-order valence-electron chi connectivity index (χ4n) is 3.35. The van der Waals surface area contributed by atoms with Crippen LogP contribution in [0.4, 0.5) is 0 Å². The minimum absolute atomic E-state index is 0.00597. The minimum Gasteiger partial charge on any atom is -0.455 e. The molecule has 0 spiro atoms. The van der Waals surface area contributed by atoms with Crippen LogP contribution < -0.4 is 5.56 Å². The Morgan fingerprint density at radius 1 is 1.29 bits per heavy atom. The van der Waals surface area contributed by atoms with Crippen LogP contribution in [0.5, 0.6) is 0 Å². The summed E-state index contributed by atoms with van der Waals surface area (Å²) >= 11 is 1.55. The van der Waals surface area contributed by atoms with E-state index in [2.05, 4.69) is 10.1 Å². The second-order valence-corrected chi connectivity index (χ2v) is 7.50. The molecule has 140 valence electrons. The van der Waals surface area contributed by atoms with Crippen LogP contribution in [0.25, 0.3) is 21.5 Å². The number of hydrogen-bond acceptors (Lipinski definition) is 7. The van der Waals surface area contributed by atoms with Crippen molar-refractivity contribution >= 4 is 28.2 Å². The number of esters is 1. The Morgan fingerprint density at radius 2 is 2.21 bits per heavy atom. The van der Waals surface area contributed by atoms with E-state index in [0.29, 0.717) is 34.5 Å². The summed E-state index contributed by atoms with van der Waals surface area (Å²) < 4.78 is 12.3. The predicted octanol–water partition coefficient (Wildman–Crippen LogP) is 3.42. The van der Waals surface area contributed by atoms with Crippen molar-refractivity contribution in [2.24, 2.45) is 0 Å². The second kappa shape index (κ2) is 6.72. The lowest BCUT2D eigenvalue weighted by Gasteiger charge is -2.07. The molecule has 0 atom stereocenters. The molecule has 4 heterocycles. The highest BCUT2D eigenvalue weighted by Gasteiger charge is 2.18. The Hall–Kier alpha value is -3.26. The highest BCUT2D eigenvalue weighted by atomic mass is 32.1. The van der Waals surface area contributed by atoms with E-state index in [9.17, 15) is 9.59 Å². The van der Waals surface area contributed by atoms with Gasteiger partial charge in [0.05, 0.1) is 21.3 Å². The largest absolute Gasteiger partial charge is 0.455 e. The number of benzene rings is 1. The maximum absolute atomic E-state index is 12.5.